The van der Waals surface area contributed by atoms with Gasteiger partial charge in [-0.1, -0.05) is 23.7 Å². The first-order chi connectivity index (χ1) is 14.5. The van der Waals surface area contributed by atoms with Crippen molar-refractivity contribution in [2.75, 3.05) is 0 Å². The zero-order valence-electron chi connectivity index (χ0n) is 18.2. The molecular formula is C24H27ClN4O2. The van der Waals surface area contributed by atoms with Crippen molar-refractivity contribution in [2.24, 2.45) is 5.92 Å². The monoisotopic (exact) mass is 438 g/mol. The highest BCUT2D eigenvalue weighted by Gasteiger charge is 2.39. The van der Waals surface area contributed by atoms with Gasteiger partial charge in [-0.25, -0.2) is 9.97 Å². The van der Waals surface area contributed by atoms with Gasteiger partial charge in [0.2, 0.25) is 0 Å². The second-order valence-electron chi connectivity index (χ2n) is 9.24. The molecule has 3 aromatic rings. The number of rotatable bonds is 6. The van der Waals surface area contributed by atoms with E-state index in [0.717, 1.165) is 18.4 Å². The average Bonchev–Trinajstić information content (AvgIpc) is 3.44. The number of amides is 1. The van der Waals surface area contributed by atoms with Gasteiger partial charge in [0.25, 0.3) is 5.91 Å². The van der Waals surface area contributed by atoms with Gasteiger partial charge in [-0.05, 0) is 70.7 Å². The Labute approximate surface area is 187 Å². The van der Waals surface area contributed by atoms with Crippen LogP contribution in [0.2, 0.25) is 5.02 Å². The van der Waals surface area contributed by atoms with Crippen molar-refractivity contribution in [2.45, 2.75) is 51.7 Å². The van der Waals surface area contributed by atoms with E-state index in [2.05, 4.69) is 24.1 Å². The molecular weight excluding hydrogens is 412 g/mol. The summed E-state index contributed by atoms with van der Waals surface area (Å²) in [6.07, 6.45) is 5.61. The molecule has 4 rings (SSSR count). The van der Waals surface area contributed by atoms with Crippen LogP contribution in [-0.2, 0) is 5.60 Å². The number of nitrogens with zero attached hydrogens (tertiary/aromatic N) is 3. The van der Waals surface area contributed by atoms with Gasteiger partial charge < -0.3 is 10.4 Å². The van der Waals surface area contributed by atoms with Crippen molar-refractivity contribution < 1.29 is 9.90 Å². The number of imidazole rings is 1. The standard InChI is InChI=1S/C24H27ClN4O2/c1-23(2,17-7-8-17)28-21(30)16-13-19(15-5-9-18(25)10-6-15)27-20(14-16)29-12-11-26-22(29)24(3,4)31/h5-6,9-14,17,31H,7-8H2,1-4H3,(H,28,30). The van der Waals surface area contributed by atoms with Gasteiger partial charge in [0, 0.05) is 34.1 Å². The lowest BCUT2D eigenvalue weighted by Crippen LogP contribution is -2.45. The lowest BCUT2D eigenvalue weighted by atomic mass is 9.98. The largest absolute Gasteiger partial charge is 0.382 e. The molecule has 7 heteroatoms. The summed E-state index contributed by atoms with van der Waals surface area (Å²) in [5.74, 6) is 1.30. The zero-order valence-corrected chi connectivity index (χ0v) is 18.9. The van der Waals surface area contributed by atoms with Gasteiger partial charge in [0.05, 0.1) is 5.69 Å². The van der Waals surface area contributed by atoms with E-state index in [1.165, 1.54) is 0 Å². The number of benzene rings is 1. The summed E-state index contributed by atoms with van der Waals surface area (Å²) in [6.45, 7) is 7.46. The minimum atomic E-state index is -1.17. The number of pyridine rings is 1. The van der Waals surface area contributed by atoms with Crippen LogP contribution in [-0.4, -0.2) is 31.1 Å². The van der Waals surface area contributed by atoms with Crippen LogP contribution in [0.1, 0.15) is 56.7 Å². The van der Waals surface area contributed by atoms with E-state index < -0.39 is 5.60 Å². The molecule has 1 saturated carbocycles. The van der Waals surface area contributed by atoms with Crippen LogP contribution in [0.5, 0.6) is 0 Å². The first-order valence-electron chi connectivity index (χ1n) is 10.4. The van der Waals surface area contributed by atoms with Crippen LogP contribution < -0.4 is 5.32 Å². The van der Waals surface area contributed by atoms with Crippen LogP contribution in [0.3, 0.4) is 0 Å². The van der Waals surface area contributed by atoms with Crippen molar-refractivity contribution in [3.63, 3.8) is 0 Å². The summed E-state index contributed by atoms with van der Waals surface area (Å²) in [7, 11) is 0. The molecule has 1 aliphatic rings. The summed E-state index contributed by atoms with van der Waals surface area (Å²) < 4.78 is 1.71. The molecule has 6 nitrogen and oxygen atoms in total. The Morgan fingerprint density at radius 2 is 1.84 bits per heavy atom. The van der Waals surface area contributed by atoms with E-state index in [0.29, 0.717) is 33.8 Å². The highest BCUT2D eigenvalue weighted by molar-refractivity contribution is 6.30. The van der Waals surface area contributed by atoms with E-state index in [9.17, 15) is 9.90 Å². The summed E-state index contributed by atoms with van der Waals surface area (Å²) in [6, 6.07) is 10.8. The number of carbonyl (C=O) groups excluding carboxylic acids is 1. The molecule has 1 amide bonds. The van der Waals surface area contributed by atoms with Gasteiger partial charge in [-0.3, -0.25) is 9.36 Å². The number of hydrogen-bond donors (Lipinski definition) is 2. The van der Waals surface area contributed by atoms with E-state index in [1.807, 2.05) is 12.1 Å². The van der Waals surface area contributed by atoms with Crippen molar-refractivity contribution in [1.82, 2.24) is 19.9 Å². The van der Waals surface area contributed by atoms with E-state index in [1.54, 1.807) is 55.1 Å². The molecule has 162 valence electrons. The smallest absolute Gasteiger partial charge is 0.251 e. The predicted octanol–water partition coefficient (Wildman–Crippen LogP) is 4.73. The maximum absolute atomic E-state index is 13.2. The first kappa shape index (κ1) is 21.5. The van der Waals surface area contributed by atoms with E-state index in [4.69, 9.17) is 16.6 Å². The zero-order chi connectivity index (χ0) is 22.4. The average molecular weight is 439 g/mol. The molecule has 2 heterocycles. The Kier molecular flexibility index (Phi) is 5.40. The van der Waals surface area contributed by atoms with Crippen molar-refractivity contribution in [1.29, 1.82) is 0 Å². The molecule has 1 aliphatic carbocycles. The molecule has 31 heavy (non-hydrogen) atoms. The highest BCUT2D eigenvalue weighted by atomic mass is 35.5. The SMILES string of the molecule is CC(C)(O)c1nccn1-c1cc(C(=O)NC(C)(C)C2CC2)cc(-c2ccc(Cl)cc2)n1. The summed E-state index contributed by atoms with van der Waals surface area (Å²) >= 11 is 6.05. The number of aliphatic hydroxyl groups is 1. The Balaban J connectivity index is 1.80. The van der Waals surface area contributed by atoms with Crippen molar-refractivity contribution >= 4 is 17.5 Å². The van der Waals surface area contributed by atoms with Gasteiger partial charge in [0.15, 0.2) is 0 Å². The fraction of sp³-hybridized carbons (Fsp3) is 0.375. The fourth-order valence-corrected chi connectivity index (χ4v) is 3.88. The van der Waals surface area contributed by atoms with Crippen LogP contribution >= 0.6 is 11.6 Å². The topological polar surface area (TPSA) is 80.0 Å². The second kappa shape index (κ2) is 7.77. The fourth-order valence-electron chi connectivity index (χ4n) is 3.75. The van der Waals surface area contributed by atoms with Gasteiger partial charge >= 0.3 is 0 Å². The lowest BCUT2D eigenvalue weighted by Gasteiger charge is -2.26. The summed E-state index contributed by atoms with van der Waals surface area (Å²) in [5, 5.41) is 14.3. The highest BCUT2D eigenvalue weighted by Crippen LogP contribution is 2.39. The normalized spacial score (nSPS) is 14.5. The third kappa shape index (κ3) is 4.65. The third-order valence-electron chi connectivity index (χ3n) is 5.68. The maximum Gasteiger partial charge on any atom is 0.251 e. The predicted molar refractivity (Wildman–Crippen MR) is 121 cm³/mol. The molecule has 2 aromatic heterocycles. The molecule has 0 radical (unpaired) electrons. The Bertz CT molecular complexity index is 1110. The maximum atomic E-state index is 13.2. The molecule has 0 spiro atoms. The second-order valence-corrected chi connectivity index (χ2v) is 9.67. The third-order valence-corrected chi connectivity index (χ3v) is 5.93. The number of hydrogen-bond acceptors (Lipinski definition) is 4. The molecule has 2 N–H and O–H groups in total. The van der Waals surface area contributed by atoms with Crippen LogP contribution in [0.4, 0.5) is 0 Å². The van der Waals surface area contributed by atoms with Crippen LogP contribution in [0.25, 0.3) is 17.1 Å². The van der Waals surface area contributed by atoms with Crippen LogP contribution in [0.15, 0.2) is 48.8 Å². The van der Waals surface area contributed by atoms with E-state index in [-0.39, 0.29) is 11.4 Å². The number of nitrogens with one attached hydrogen (secondary N) is 1. The molecule has 0 saturated heterocycles. The Morgan fingerprint density at radius 1 is 1.16 bits per heavy atom. The molecule has 0 bridgehead atoms. The van der Waals surface area contributed by atoms with E-state index >= 15 is 0 Å². The Morgan fingerprint density at radius 3 is 2.45 bits per heavy atom. The van der Waals surface area contributed by atoms with Gasteiger partial charge in [-0.15, -0.1) is 0 Å². The quantitative estimate of drug-likeness (QED) is 0.582. The number of aromatic nitrogens is 3. The van der Waals surface area contributed by atoms with Crippen molar-refractivity contribution in [3.05, 3.63) is 65.2 Å². The molecule has 1 fully saturated rings. The molecule has 0 unspecified atom stereocenters. The van der Waals surface area contributed by atoms with Crippen LogP contribution in [0, 0.1) is 5.92 Å². The molecule has 0 aliphatic heterocycles. The molecule has 0 atom stereocenters. The lowest BCUT2D eigenvalue weighted by molar-refractivity contribution is 0.0671. The van der Waals surface area contributed by atoms with Gasteiger partial charge in [-0.2, -0.15) is 0 Å². The summed E-state index contributed by atoms with van der Waals surface area (Å²) in [5.41, 5.74) is 0.538. The summed E-state index contributed by atoms with van der Waals surface area (Å²) in [4.78, 5) is 22.3. The molecule has 1 aromatic carbocycles. The minimum absolute atomic E-state index is 0.152. The van der Waals surface area contributed by atoms with Crippen molar-refractivity contribution in [3.8, 4) is 17.1 Å². The first-order valence-corrected chi connectivity index (χ1v) is 10.8. The van der Waals surface area contributed by atoms with Gasteiger partial charge in [0.1, 0.15) is 17.2 Å². The number of carbonyl (C=O) groups is 1. The number of halogens is 1. The Hall–Kier alpha value is -2.70. The minimum Gasteiger partial charge on any atom is -0.382 e.